The van der Waals surface area contributed by atoms with Gasteiger partial charge in [0, 0.05) is 36.4 Å². The van der Waals surface area contributed by atoms with Crippen molar-refractivity contribution in [3.63, 3.8) is 0 Å². The summed E-state index contributed by atoms with van der Waals surface area (Å²) in [6.07, 6.45) is 6.58. The topological polar surface area (TPSA) is 281 Å². The Hall–Kier alpha value is 4.26. The third-order valence-corrected chi connectivity index (χ3v) is 13.8. The van der Waals surface area contributed by atoms with Crippen LogP contribution in [-0.4, -0.2) is 139 Å². The molecule has 32 heteroatoms. The Morgan fingerprint density at radius 3 is 1.37 bits per heavy atom. The first-order valence-electron chi connectivity index (χ1n) is 24.9. The van der Waals surface area contributed by atoms with Crippen molar-refractivity contribution in [1.29, 1.82) is 0 Å². The summed E-state index contributed by atoms with van der Waals surface area (Å²) in [7, 11) is 2.01. The van der Waals surface area contributed by atoms with Crippen LogP contribution in [0.5, 0.6) is 11.5 Å². The first kappa shape index (κ1) is 105. The molecule has 6 rings (SSSR count). The van der Waals surface area contributed by atoms with Crippen LogP contribution in [0.25, 0.3) is 0 Å². The molecule has 476 valence electrons. The molecule has 2 heterocycles. The van der Waals surface area contributed by atoms with E-state index in [1.165, 1.54) is 40.2 Å². The molecule has 2 aliphatic heterocycles. The fourth-order valence-electron chi connectivity index (χ4n) is 6.14. The molecular weight excluding hydrogens is 2080 g/mol. The van der Waals surface area contributed by atoms with E-state index in [9.17, 15) is 33.1 Å². The Bertz CT molecular complexity index is 2470. The van der Waals surface area contributed by atoms with E-state index in [4.69, 9.17) is 56.4 Å². The van der Waals surface area contributed by atoms with E-state index in [1.54, 1.807) is 44.2 Å². The third-order valence-electron chi connectivity index (χ3n) is 10.1. The maximum Gasteiger partial charge on any atom is 1.00 e. The maximum atomic E-state index is 11.9. The van der Waals surface area contributed by atoms with Gasteiger partial charge in [-0.15, -0.1) is 0 Å². The number of rotatable bonds is 14. The summed E-state index contributed by atoms with van der Waals surface area (Å²) in [6, 6.07) is 17.3. The Kier molecular flexibility index (Phi) is 89.6. The third kappa shape index (κ3) is 51.1. The number of ether oxygens (including phenoxy) is 8. The number of carbonyl (C=O) groups is 6. The fraction of sp³-hybridized carbons (Fsp3) is 0.455. The first-order valence-corrected chi connectivity index (χ1v) is 30.0. The number of hydrogen-bond donors (Lipinski definition) is 2. The molecule has 0 radical (unpaired) electrons. The van der Waals surface area contributed by atoms with E-state index < -0.39 is 32.2 Å². The van der Waals surface area contributed by atoms with Gasteiger partial charge in [-0.2, -0.15) is 0 Å². The molecule has 0 aromatic heterocycles. The van der Waals surface area contributed by atoms with E-state index in [-0.39, 0.29) is 329 Å². The molecule has 2 fully saturated rings. The van der Waals surface area contributed by atoms with Crippen molar-refractivity contribution in [2.45, 2.75) is 86.2 Å². The molecule has 2 N–H and O–H groups in total. The van der Waals surface area contributed by atoms with Crippen molar-refractivity contribution in [2.24, 2.45) is 0 Å². The van der Waals surface area contributed by atoms with Crippen molar-refractivity contribution in [3.05, 3.63) is 123 Å². The van der Waals surface area contributed by atoms with Gasteiger partial charge in [0.25, 0.3) is 12.9 Å². The number of phenols is 1. The summed E-state index contributed by atoms with van der Waals surface area (Å²) >= 11 is 18.7. The van der Waals surface area contributed by atoms with Gasteiger partial charge in [0.05, 0.1) is 62.7 Å². The molecule has 0 spiro atoms. The minimum absolute atomic E-state index is 0. The average molecular weight is 2160 g/mol. The van der Waals surface area contributed by atoms with Crippen LogP contribution in [-0.2, 0) is 52.5 Å². The minimum atomic E-state index is -1.00. The number of alkyl halides is 4. The van der Waals surface area contributed by atoms with Gasteiger partial charge in [-0.1, -0.05) is 122 Å². The van der Waals surface area contributed by atoms with Crippen LogP contribution in [0.4, 0.5) is 8.78 Å². The molecule has 2 unspecified atom stereocenters. The van der Waals surface area contributed by atoms with Crippen LogP contribution in [0.3, 0.4) is 0 Å². The van der Waals surface area contributed by atoms with Gasteiger partial charge in [0.15, 0.2) is 12.6 Å². The zero-order valence-electron chi connectivity index (χ0n) is 54.2. The van der Waals surface area contributed by atoms with Crippen LogP contribution in [0, 0.1) is 27.7 Å². The molecule has 2 saturated heterocycles. The molecule has 20 nitrogen and oxygen atoms in total. The zero-order chi connectivity index (χ0) is 65.0. The first-order chi connectivity index (χ1) is 40.1. The molecule has 2 aliphatic rings. The van der Waals surface area contributed by atoms with Gasteiger partial charge in [-0.05, 0) is 142 Å². The molecule has 4 aromatic carbocycles. The van der Waals surface area contributed by atoms with Crippen LogP contribution < -0.4 is 291 Å². The number of halogens is 8. The normalized spacial score (nSPS) is 12.6. The summed E-state index contributed by atoms with van der Waals surface area (Å²) in [5.41, 5.74) is 4.73. The minimum Gasteiger partial charge on any atom is -1.00 e. The van der Waals surface area contributed by atoms with Gasteiger partial charge >= 0.3 is 299 Å². The van der Waals surface area contributed by atoms with Gasteiger partial charge < -0.3 is 71.3 Å². The smallest absolute Gasteiger partial charge is 1.00 e. The Labute approximate surface area is 807 Å². The number of aromatic hydroxyl groups is 1. The fourth-order valence-corrected chi connectivity index (χ4v) is 7.72. The molecule has 0 bridgehead atoms. The monoisotopic (exact) mass is 2150 g/mol. The molecule has 4 aromatic rings. The number of methoxy groups -OCH3 is 3. The van der Waals surface area contributed by atoms with Crippen LogP contribution in [0.2, 0.25) is 0 Å². The van der Waals surface area contributed by atoms with Crippen LogP contribution in [0.1, 0.15) is 115 Å². The van der Waals surface area contributed by atoms with E-state index in [0.29, 0.717) is 41.2 Å². The van der Waals surface area contributed by atoms with E-state index in [1.807, 2.05) is 43.0 Å². The summed E-state index contributed by atoms with van der Waals surface area (Å²) in [5.74, 6) is -1.69. The van der Waals surface area contributed by atoms with Crippen molar-refractivity contribution in [2.75, 3.05) is 78.9 Å². The summed E-state index contributed by atoms with van der Waals surface area (Å²) in [6.45, 7) is 10.0. The van der Waals surface area contributed by atoms with Gasteiger partial charge in [-0.3, -0.25) is 18.4 Å². The number of phenolic OH excluding ortho intramolecular Hbond substituents is 1. The molecule has 0 aliphatic carbocycles. The summed E-state index contributed by atoms with van der Waals surface area (Å²) in [4.78, 5) is 69.3. The van der Waals surface area contributed by atoms with Crippen molar-refractivity contribution >= 4 is 139 Å². The Morgan fingerprint density at radius 1 is 0.632 bits per heavy atom. The van der Waals surface area contributed by atoms with Crippen LogP contribution in [0.15, 0.2) is 78.6 Å². The van der Waals surface area contributed by atoms with E-state index >= 15 is 0 Å². The number of hydrogen-bond acceptors (Lipinski definition) is 19. The number of esters is 3. The quantitative estimate of drug-likeness (QED) is 0.0256. The number of aromatic carboxylic acids is 1. The zero-order valence-corrected chi connectivity index (χ0v) is 85.5. The second-order valence-electron chi connectivity index (χ2n) is 15.0. The maximum absolute atomic E-state index is 11.9. The van der Waals surface area contributed by atoms with Gasteiger partial charge in [0.2, 0.25) is 0 Å². The Balaban J connectivity index is -0.0000000923. The van der Waals surface area contributed by atoms with Crippen LogP contribution >= 0.6 is 102 Å². The SMILES string of the molecule is BrCCOC1CCCCO1.C.CI.COC(=O)c1c(O)ccc(Br)c1C.COC(=O)c1c(OCCOC2CCCCO2)ccc(Br)c1C.COC(=O)c1cccc(Br)c1C.Cc1c(Br)cccc1C(=O)O.O=CO[O-].O=CO[O-].[2H]CF.[2H]CF.[Cs+].[Cs+].[Cs+].[Cs+].[H-].[H-]. The second kappa shape index (κ2) is 74.5. The Morgan fingerprint density at radius 2 is 1.00 bits per heavy atom. The molecular formula is C55H76Br5Cs4F2IO20. The summed E-state index contributed by atoms with van der Waals surface area (Å²) in [5, 5.41) is 35.8. The summed E-state index contributed by atoms with van der Waals surface area (Å²) < 4.78 is 75.8. The molecule has 0 saturated carbocycles. The standard InChI is InChI=1S/C16H21BrO5.C9H9BrO3.C9H9BrO2.C8H7BrO2.C7H13BrO2.2CH3F.CH3I.2CH2O3.CH4.4Cs.2H/c1-11-12(17)6-7-13(15(11)16(18)19-2)20-9-10-22-14-5-3-4-8-21-14;1-5-6(10)3-4-7(11)8(5)9(12)13-2;1-6-7(9(11)12-2)4-3-5-8(6)10;1-5-6(8(10)11)3-2-4-7(5)9;8-4-6-10-7-3-1-2-5-9-7;3*1-2;2*2-1-4-3;;;;;;;/h6-7,14H,3-5,8-10H2,1-2H3;3-4,11H,1-2H3;3-5H,1-2H3;2-4H,1H3,(H,10,11);7H,1-6H2;3*1H3;2*1,3H;1H4;;;;;;/q;;;;;;;;;;;4*+1;2*-1/p-2/i;;;;;2*1D;;;;;;;;;;. The molecule has 87 heavy (non-hydrogen) atoms. The van der Waals surface area contributed by atoms with Crippen molar-refractivity contribution in [1.82, 2.24) is 0 Å². The number of carboxylic acids is 1. The van der Waals surface area contributed by atoms with Gasteiger partial charge in [0.1, 0.15) is 29.2 Å². The predicted molar refractivity (Wildman–Crippen MR) is 334 cm³/mol. The number of carbonyl (C=O) groups excluding carboxylic acids is 5. The second-order valence-corrected chi connectivity index (χ2v) is 19.2. The largest absolute Gasteiger partial charge is 1.00 e. The number of benzene rings is 4. The van der Waals surface area contributed by atoms with Gasteiger partial charge in [-0.25, -0.2) is 19.2 Å². The number of carboxylic acid groups (broad SMARTS) is 1. The van der Waals surface area contributed by atoms with E-state index in [0.717, 1.165) is 85.4 Å². The molecule has 2 atom stereocenters. The van der Waals surface area contributed by atoms with Crippen molar-refractivity contribution in [3.8, 4) is 11.5 Å². The predicted octanol–water partition coefficient (Wildman–Crippen LogP) is 0.609. The van der Waals surface area contributed by atoms with Crippen molar-refractivity contribution < 1.29 is 387 Å². The molecule has 0 amide bonds. The average Bonchev–Trinajstić information content (AvgIpc) is 1.72. The van der Waals surface area contributed by atoms with E-state index in [2.05, 4.69) is 121 Å².